The molecule has 2 rings (SSSR count). The molecule has 2 aromatic rings. The number of hydrogen-bond acceptors (Lipinski definition) is 5. The van der Waals surface area contributed by atoms with Gasteiger partial charge in [0.1, 0.15) is 22.6 Å². The van der Waals surface area contributed by atoms with E-state index in [9.17, 15) is 0 Å². The molecule has 0 radical (unpaired) electrons. The molecule has 2 heterocycles. The smallest absolute Gasteiger partial charge is 0.152 e. The summed E-state index contributed by atoms with van der Waals surface area (Å²) < 4.78 is 2.48. The van der Waals surface area contributed by atoms with E-state index in [4.69, 9.17) is 0 Å². The Morgan fingerprint density at radius 2 is 2.24 bits per heavy atom. The zero-order chi connectivity index (χ0) is 12.3. The van der Waals surface area contributed by atoms with Crippen molar-refractivity contribution in [3.05, 3.63) is 28.6 Å². The van der Waals surface area contributed by atoms with E-state index in [2.05, 4.69) is 41.3 Å². The second-order valence-corrected chi connectivity index (χ2v) is 4.45. The Bertz CT molecular complexity index is 489. The fourth-order valence-corrected chi connectivity index (χ4v) is 1.90. The SMILES string of the molecule is Cc1nc(Br)cc(NCCc2ncn(C)n2)n1. The lowest BCUT2D eigenvalue weighted by molar-refractivity contribution is 0.741. The Kier molecular flexibility index (Phi) is 3.68. The van der Waals surface area contributed by atoms with E-state index in [0.717, 1.165) is 35.0 Å². The fourth-order valence-electron chi connectivity index (χ4n) is 1.42. The molecule has 0 saturated heterocycles. The van der Waals surface area contributed by atoms with E-state index in [1.165, 1.54) is 0 Å². The van der Waals surface area contributed by atoms with Crippen LogP contribution in [0.15, 0.2) is 17.0 Å². The lowest BCUT2D eigenvalue weighted by Gasteiger charge is -2.04. The van der Waals surface area contributed by atoms with Crippen molar-refractivity contribution in [2.45, 2.75) is 13.3 Å². The first-order valence-corrected chi connectivity index (χ1v) is 6.02. The molecule has 17 heavy (non-hydrogen) atoms. The van der Waals surface area contributed by atoms with E-state index >= 15 is 0 Å². The summed E-state index contributed by atoms with van der Waals surface area (Å²) >= 11 is 3.33. The van der Waals surface area contributed by atoms with Crippen LogP contribution in [0.5, 0.6) is 0 Å². The number of nitrogens with one attached hydrogen (secondary N) is 1. The average molecular weight is 297 g/mol. The molecule has 90 valence electrons. The standard InChI is InChI=1S/C10H13BrN6/c1-7-14-8(11)5-10(15-7)12-4-3-9-13-6-17(2)16-9/h5-6H,3-4H2,1-2H3,(H,12,14,15). The van der Waals surface area contributed by atoms with Gasteiger partial charge in [-0.2, -0.15) is 5.10 Å². The number of aromatic nitrogens is 5. The van der Waals surface area contributed by atoms with Gasteiger partial charge in [0.15, 0.2) is 5.82 Å². The molecule has 0 unspecified atom stereocenters. The highest BCUT2D eigenvalue weighted by Crippen LogP contribution is 2.11. The molecule has 0 spiro atoms. The molecule has 6 nitrogen and oxygen atoms in total. The van der Waals surface area contributed by atoms with Crippen LogP contribution >= 0.6 is 15.9 Å². The number of nitrogens with zero attached hydrogens (tertiary/aromatic N) is 5. The molecule has 0 atom stereocenters. The van der Waals surface area contributed by atoms with Crippen molar-refractivity contribution in [3.63, 3.8) is 0 Å². The lowest BCUT2D eigenvalue weighted by atomic mass is 10.4. The van der Waals surface area contributed by atoms with E-state index < -0.39 is 0 Å². The Morgan fingerprint density at radius 3 is 2.88 bits per heavy atom. The average Bonchev–Trinajstić information content (AvgIpc) is 2.63. The zero-order valence-corrected chi connectivity index (χ0v) is 11.3. The van der Waals surface area contributed by atoms with Gasteiger partial charge in [-0.1, -0.05) is 0 Å². The maximum Gasteiger partial charge on any atom is 0.152 e. The molecule has 1 N–H and O–H groups in total. The Hall–Kier alpha value is -1.50. The van der Waals surface area contributed by atoms with Gasteiger partial charge in [0, 0.05) is 26.1 Å². The first-order valence-electron chi connectivity index (χ1n) is 5.23. The van der Waals surface area contributed by atoms with Crippen LogP contribution in [0.3, 0.4) is 0 Å². The van der Waals surface area contributed by atoms with Crippen molar-refractivity contribution in [2.75, 3.05) is 11.9 Å². The molecule has 0 saturated carbocycles. The topological polar surface area (TPSA) is 68.5 Å². The largest absolute Gasteiger partial charge is 0.369 e. The summed E-state index contributed by atoms with van der Waals surface area (Å²) in [6.45, 7) is 2.60. The number of rotatable bonds is 4. The predicted octanol–water partition coefficient (Wildman–Crippen LogP) is 1.33. The van der Waals surface area contributed by atoms with Crippen molar-refractivity contribution >= 4 is 21.7 Å². The van der Waals surface area contributed by atoms with Gasteiger partial charge in [-0.3, -0.25) is 4.68 Å². The quantitative estimate of drug-likeness (QED) is 0.862. The van der Waals surface area contributed by atoms with Gasteiger partial charge >= 0.3 is 0 Å². The number of halogens is 1. The maximum atomic E-state index is 4.27. The van der Waals surface area contributed by atoms with Crippen LogP contribution < -0.4 is 5.32 Å². The summed E-state index contributed by atoms with van der Waals surface area (Å²) in [5, 5.41) is 7.41. The lowest BCUT2D eigenvalue weighted by Crippen LogP contribution is -2.08. The van der Waals surface area contributed by atoms with Gasteiger partial charge in [0.2, 0.25) is 0 Å². The first-order chi connectivity index (χ1) is 8.13. The second kappa shape index (κ2) is 5.22. The van der Waals surface area contributed by atoms with Gasteiger partial charge in [-0.05, 0) is 22.9 Å². The van der Waals surface area contributed by atoms with Crippen molar-refractivity contribution in [3.8, 4) is 0 Å². The fraction of sp³-hybridized carbons (Fsp3) is 0.400. The molecular weight excluding hydrogens is 284 g/mol. The highest BCUT2D eigenvalue weighted by molar-refractivity contribution is 9.10. The van der Waals surface area contributed by atoms with E-state index in [0.29, 0.717) is 0 Å². The molecule has 2 aromatic heterocycles. The third kappa shape index (κ3) is 3.48. The minimum atomic E-state index is 0.734. The molecule has 0 aromatic carbocycles. The summed E-state index contributed by atoms with van der Waals surface area (Å²) in [7, 11) is 1.86. The van der Waals surface area contributed by atoms with Crippen LogP contribution in [0.2, 0.25) is 0 Å². The monoisotopic (exact) mass is 296 g/mol. The van der Waals surface area contributed by atoms with Crippen molar-refractivity contribution in [1.29, 1.82) is 0 Å². The minimum absolute atomic E-state index is 0.734. The molecule has 7 heteroatoms. The van der Waals surface area contributed by atoms with Crippen molar-refractivity contribution < 1.29 is 0 Å². The van der Waals surface area contributed by atoms with Crippen LogP contribution in [0, 0.1) is 6.92 Å². The number of aryl methyl sites for hydroxylation is 2. The van der Waals surface area contributed by atoms with Crippen LogP contribution in [-0.2, 0) is 13.5 Å². The molecule has 0 bridgehead atoms. The maximum absolute atomic E-state index is 4.27. The molecule has 0 fully saturated rings. The highest BCUT2D eigenvalue weighted by atomic mass is 79.9. The molecule has 0 amide bonds. The van der Waals surface area contributed by atoms with E-state index in [1.54, 1.807) is 11.0 Å². The van der Waals surface area contributed by atoms with Gasteiger partial charge in [0.05, 0.1) is 0 Å². The van der Waals surface area contributed by atoms with Crippen LogP contribution in [0.25, 0.3) is 0 Å². The summed E-state index contributed by atoms with van der Waals surface area (Å²) in [6, 6.07) is 1.85. The first kappa shape index (κ1) is 12.0. The molecule has 0 aliphatic heterocycles. The highest BCUT2D eigenvalue weighted by Gasteiger charge is 2.01. The van der Waals surface area contributed by atoms with Crippen molar-refractivity contribution in [1.82, 2.24) is 24.7 Å². The zero-order valence-electron chi connectivity index (χ0n) is 9.68. The molecule has 0 aliphatic rings. The summed E-state index contributed by atoms with van der Waals surface area (Å²) in [6.07, 6.45) is 2.46. The van der Waals surface area contributed by atoms with E-state index in [-0.39, 0.29) is 0 Å². The van der Waals surface area contributed by atoms with Crippen LogP contribution in [0.4, 0.5) is 5.82 Å². The Morgan fingerprint density at radius 1 is 1.41 bits per heavy atom. The van der Waals surface area contributed by atoms with Gasteiger partial charge in [-0.25, -0.2) is 15.0 Å². The summed E-state index contributed by atoms with van der Waals surface area (Å²) in [5.41, 5.74) is 0. The normalized spacial score (nSPS) is 10.5. The van der Waals surface area contributed by atoms with E-state index in [1.807, 2.05) is 20.0 Å². The minimum Gasteiger partial charge on any atom is -0.369 e. The molecule has 0 aliphatic carbocycles. The summed E-state index contributed by atoms with van der Waals surface area (Å²) in [4.78, 5) is 12.6. The van der Waals surface area contributed by atoms with Crippen LogP contribution in [-0.4, -0.2) is 31.3 Å². The number of hydrogen-bond donors (Lipinski definition) is 1. The van der Waals surface area contributed by atoms with Crippen LogP contribution in [0.1, 0.15) is 11.6 Å². The number of anilines is 1. The summed E-state index contributed by atoms with van der Waals surface area (Å²) in [5.74, 6) is 2.36. The second-order valence-electron chi connectivity index (χ2n) is 3.63. The Balaban J connectivity index is 1.89. The van der Waals surface area contributed by atoms with Gasteiger partial charge in [-0.15, -0.1) is 0 Å². The Labute approximate surface area is 108 Å². The third-order valence-corrected chi connectivity index (χ3v) is 2.51. The third-order valence-electron chi connectivity index (χ3n) is 2.11. The van der Waals surface area contributed by atoms with Gasteiger partial charge < -0.3 is 5.32 Å². The van der Waals surface area contributed by atoms with Crippen molar-refractivity contribution in [2.24, 2.45) is 7.05 Å². The van der Waals surface area contributed by atoms with Gasteiger partial charge in [0.25, 0.3) is 0 Å². The predicted molar refractivity (Wildman–Crippen MR) is 67.7 cm³/mol. The molecular formula is C10H13BrN6.